The Balaban J connectivity index is 1.75. The molecule has 0 radical (unpaired) electrons. The quantitative estimate of drug-likeness (QED) is 0.638. The summed E-state index contributed by atoms with van der Waals surface area (Å²) in [5.41, 5.74) is 2.14. The van der Waals surface area contributed by atoms with Crippen molar-refractivity contribution >= 4 is 34.8 Å². The van der Waals surface area contributed by atoms with Crippen molar-refractivity contribution in [2.45, 2.75) is 6.92 Å². The predicted molar refractivity (Wildman–Crippen MR) is 109 cm³/mol. The molecule has 0 atom stereocenters. The molecule has 1 aromatic heterocycles. The van der Waals surface area contributed by atoms with Crippen LogP contribution in [0.4, 0.5) is 17.3 Å². The molecule has 0 saturated carbocycles. The van der Waals surface area contributed by atoms with Crippen molar-refractivity contribution in [3.63, 3.8) is 0 Å². The minimum absolute atomic E-state index is 0.285. The molecule has 144 valence electrons. The van der Waals surface area contributed by atoms with E-state index in [-0.39, 0.29) is 5.56 Å². The number of ether oxygens (including phenoxy) is 2. The maximum absolute atomic E-state index is 12.7. The third kappa shape index (κ3) is 4.32. The van der Waals surface area contributed by atoms with Gasteiger partial charge in [0.1, 0.15) is 17.1 Å². The molecule has 0 spiro atoms. The van der Waals surface area contributed by atoms with E-state index in [4.69, 9.17) is 21.1 Å². The fourth-order valence-electron chi connectivity index (χ4n) is 2.62. The highest BCUT2D eigenvalue weighted by Crippen LogP contribution is 2.29. The van der Waals surface area contributed by atoms with Gasteiger partial charge < -0.3 is 20.1 Å². The predicted octanol–water partition coefficient (Wildman–Crippen LogP) is 4.45. The van der Waals surface area contributed by atoms with Gasteiger partial charge in [0.05, 0.1) is 14.2 Å². The summed E-state index contributed by atoms with van der Waals surface area (Å²) < 4.78 is 10.5. The Morgan fingerprint density at radius 1 is 0.964 bits per heavy atom. The summed E-state index contributed by atoms with van der Waals surface area (Å²) in [4.78, 5) is 12.7. The van der Waals surface area contributed by atoms with Crippen LogP contribution in [0.5, 0.6) is 11.5 Å². The first kappa shape index (κ1) is 19.4. The topological polar surface area (TPSA) is 85.4 Å². The Kier molecular flexibility index (Phi) is 5.96. The van der Waals surface area contributed by atoms with E-state index in [1.54, 1.807) is 36.4 Å². The molecule has 2 N–H and O–H groups in total. The SMILES string of the molecule is COc1cccc(OC)c1C(=O)Nc1ccc(Nc2ccc(Cl)cc2C)nn1. The van der Waals surface area contributed by atoms with Crippen LogP contribution in [0.25, 0.3) is 0 Å². The molecule has 28 heavy (non-hydrogen) atoms. The van der Waals surface area contributed by atoms with E-state index >= 15 is 0 Å². The lowest BCUT2D eigenvalue weighted by Crippen LogP contribution is -2.16. The molecule has 8 heteroatoms. The third-order valence-corrected chi connectivity index (χ3v) is 4.25. The van der Waals surface area contributed by atoms with Crippen molar-refractivity contribution in [1.29, 1.82) is 0 Å². The van der Waals surface area contributed by atoms with Gasteiger partial charge in [-0.2, -0.15) is 0 Å². The molecule has 3 rings (SSSR count). The number of benzene rings is 2. The number of carbonyl (C=O) groups is 1. The summed E-state index contributed by atoms with van der Waals surface area (Å²) in [6, 6.07) is 14.0. The molecule has 0 aliphatic carbocycles. The zero-order chi connectivity index (χ0) is 20.1. The summed E-state index contributed by atoms with van der Waals surface area (Å²) in [5.74, 6) is 1.25. The van der Waals surface area contributed by atoms with Crippen LogP contribution < -0.4 is 20.1 Å². The normalized spacial score (nSPS) is 10.3. The monoisotopic (exact) mass is 398 g/mol. The van der Waals surface area contributed by atoms with Crippen molar-refractivity contribution in [3.8, 4) is 11.5 Å². The molecule has 0 aliphatic heterocycles. The minimum atomic E-state index is -0.405. The highest BCUT2D eigenvalue weighted by molar-refractivity contribution is 6.30. The summed E-state index contributed by atoms with van der Waals surface area (Å²) in [7, 11) is 2.98. The molecule has 1 heterocycles. The summed E-state index contributed by atoms with van der Waals surface area (Å²) in [6.07, 6.45) is 0. The molecule has 7 nitrogen and oxygen atoms in total. The number of carbonyl (C=O) groups excluding carboxylic acids is 1. The smallest absolute Gasteiger partial charge is 0.264 e. The van der Waals surface area contributed by atoms with E-state index in [0.29, 0.717) is 28.2 Å². The zero-order valence-corrected chi connectivity index (χ0v) is 16.4. The number of rotatable bonds is 6. The number of anilines is 3. The maximum atomic E-state index is 12.7. The van der Waals surface area contributed by atoms with Gasteiger partial charge in [-0.1, -0.05) is 17.7 Å². The molecule has 0 aliphatic rings. The second kappa shape index (κ2) is 8.58. The van der Waals surface area contributed by atoms with Crippen LogP contribution in [0.3, 0.4) is 0 Å². The second-order valence-electron chi connectivity index (χ2n) is 5.88. The molecule has 3 aromatic rings. The van der Waals surface area contributed by atoms with Crippen LogP contribution in [0.2, 0.25) is 5.02 Å². The third-order valence-electron chi connectivity index (χ3n) is 4.01. The Morgan fingerprint density at radius 3 is 2.18 bits per heavy atom. The van der Waals surface area contributed by atoms with Gasteiger partial charge in [0.25, 0.3) is 5.91 Å². The number of hydrogen-bond donors (Lipinski definition) is 2. The van der Waals surface area contributed by atoms with E-state index in [9.17, 15) is 4.79 Å². The summed E-state index contributed by atoms with van der Waals surface area (Å²) in [5, 5.41) is 14.7. The number of amides is 1. The Bertz CT molecular complexity index is 971. The van der Waals surface area contributed by atoms with Gasteiger partial charge in [-0.25, -0.2) is 0 Å². The van der Waals surface area contributed by atoms with Crippen molar-refractivity contribution in [2.24, 2.45) is 0 Å². The van der Waals surface area contributed by atoms with E-state index in [1.165, 1.54) is 14.2 Å². The maximum Gasteiger partial charge on any atom is 0.264 e. The number of halogens is 1. The van der Waals surface area contributed by atoms with Crippen molar-refractivity contribution in [1.82, 2.24) is 10.2 Å². The molecule has 0 fully saturated rings. The fraction of sp³-hybridized carbons (Fsp3) is 0.150. The average molecular weight is 399 g/mol. The first-order chi connectivity index (χ1) is 13.5. The minimum Gasteiger partial charge on any atom is -0.496 e. The van der Waals surface area contributed by atoms with E-state index in [0.717, 1.165) is 11.3 Å². The standard InChI is InChI=1S/C20H19ClN4O3/c1-12-11-13(21)7-8-14(12)22-17-9-10-18(25-24-17)23-20(26)19-15(27-2)5-4-6-16(19)28-3/h4-11H,1-3H3,(H,22,24)(H,23,25,26). The van der Waals surface area contributed by atoms with E-state index < -0.39 is 5.91 Å². The van der Waals surface area contributed by atoms with Crippen LogP contribution in [0.1, 0.15) is 15.9 Å². The van der Waals surface area contributed by atoms with Crippen LogP contribution in [0, 0.1) is 6.92 Å². The van der Waals surface area contributed by atoms with Crippen LogP contribution in [-0.4, -0.2) is 30.3 Å². The zero-order valence-electron chi connectivity index (χ0n) is 15.6. The lowest BCUT2D eigenvalue weighted by atomic mass is 10.1. The first-order valence-corrected chi connectivity index (χ1v) is 8.79. The van der Waals surface area contributed by atoms with Crippen LogP contribution >= 0.6 is 11.6 Å². The molecule has 2 aromatic carbocycles. The molecule has 0 unspecified atom stereocenters. The lowest BCUT2D eigenvalue weighted by Gasteiger charge is -2.13. The largest absolute Gasteiger partial charge is 0.496 e. The Hall–Kier alpha value is -3.32. The first-order valence-electron chi connectivity index (χ1n) is 8.41. The summed E-state index contributed by atoms with van der Waals surface area (Å²) in [6.45, 7) is 1.94. The van der Waals surface area contributed by atoms with Crippen molar-refractivity contribution < 1.29 is 14.3 Å². The van der Waals surface area contributed by atoms with Gasteiger partial charge in [0.2, 0.25) is 0 Å². The number of hydrogen-bond acceptors (Lipinski definition) is 6. The van der Waals surface area contributed by atoms with E-state index in [1.807, 2.05) is 19.1 Å². The highest BCUT2D eigenvalue weighted by Gasteiger charge is 2.18. The molecular formula is C20H19ClN4O3. The Labute approximate surface area is 167 Å². The number of nitrogens with zero attached hydrogens (tertiary/aromatic N) is 2. The van der Waals surface area contributed by atoms with Gasteiger partial charge in [-0.15, -0.1) is 10.2 Å². The van der Waals surface area contributed by atoms with Gasteiger partial charge >= 0.3 is 0 Å². The number of aryl methyl sites for hydroxylation is 1. The number of methoxy groups -OCH3 is 2. The molecular weight excluding hydrogens is 380 g/mol. The molecule has 1 amide bonds. The second-order valence-corrected chi connectivity index (χ2v) is 6.32. The van der Waals surface area contributed by atoms with Crippen LogP contribution in [0.15, 0.2) is 48.5 Å². The summed E-state index contributed by atoms with van der Waals surface area (Å²) >= 11 is 5.97. The molecule has 0 saturated heterocycles. The van der Waals surface area contributed by atoms with Crippen molar-refractivity contribution in [2.75, 3.05) is 24.9 Å². The van der Waals surface area contributed by atoms with E-state index in [2.05, 4.69) is 20.8 Å². The van der Waals surface area contributed by atoms with Gasteiger partial charge in [-0.3, -0.25) is 4.79 Å². The van der Waals surface area contributed by atoms with Crippen LogP contribution in [-0.2, 0) is 0 Å². The average Bonchev–Trinajstić information content (AvgIpc) is 2.70. The highest BCUT2D eigenvalue weighted by atomic mass is 35.5. The fourth-order valence-corrected chi connectivity index (χ4v) is 2.85. The number of aromatic nitrogens is 2. The molecule has 0 bridgehead atoms. The number of nitrogens with one attached hydrogen (secondary N) is 2. The lowest BCUT2D eigenvalue weighted by molar-refractivity contribution is 0.102. The van der Waals surface area contributed by atoms with Gasteiger partial charge in [-0.05, 0) is 55.0 Å². The Morgan fingerprint density at radius 2 is 1.61 bits per heavy atom. The van der Waals surface area contributed by atoms with Crippen molar-refractivity contribution in [3.05, 3.63) is 64.7 Å². The van der Waals surface area contributed by atoms with Gasteiger partial charge in [0.15, 0.2) is 11.6 Å². The van der Waals surface area contributed by atoms with Gasteiger partial charge in [0, 0.05) is 10.7 Å².